The minimum absolute atomic E-state index is 0.295. The van der Waals surface area contributed by atoms with Gasteiger partial charge in [0.15, 0.2) is 0 Å². The highest BCUT2D eigenvalue weighted by Crippen LogP contribution is 2.40. The number of rotatable bonds is 2. The first-order valence-electron chi connectivity index (χ1n) is 6.97. The first kappa shape index (κ1) is 15.4. The number of nitrogens with zero attached hydrogens (tertiary/aromatic N) is 2. The van der Waals surface area contributed by atoms with Gasteiger partial charge < -0.3 is 9.73 Å². The Balaban J connectivity index is 1.91. The minimum Gasteiger partial charge on any atom is -0.466 e. The molecular formula is C15H17N3O4S. The Morgan fingerprint density at radius 1 is 1.09 bits per heavy atom. The van der Waals surface area contributed by atoms with Crippen LogP contribution in [-0.2, 0) is 10.2 Å². The summed E-state index contributed by atoms with van der Waals surface area (Å²) in [5.74, 6) is 0.908. The van der Waals surface area contributed by atoms with Gasteiger partial charge >= 0.3 is 10.2 Å². The van der Waals surface area contributed by atoms with E-state index >= 15 is 0 Å². The van der Waals surface area contributed by atoms with Gasteiger partial charge in [-0.15, -0.1) is 0 Å². The van der Waals surface area contributed by atoms with Crippen LogP contribution >= 0.6 is 0 Å². The number of hydrogen-bond donors (Lipinski definition) is 1. The monoisotopic (exact) mass is 335 g/mol. The highest BCUT2D eigenvalue weighted by Gasteiger charge is 2.35. The molecule has 8 heteroatoms. The van der Waals surface area contributed by atoms with Crippen molar-refractivity contribution in [3.05, 3.63) is 41.3 Å². The average molecular weight is 335 g/mol. The van der Waals surface area contributed by atoms with Gasteiger partial charge in [0.05, 0.1) is 16.9 Å². The molecule has 0 bridgehead atoms. The van der Waals surface area contributed by atoms with Gasteiger partial charge in [-0.05, 0) is 38.1 Å². The molecule has 7 nitrogen and oxygen atoms in total. The molecule has 23 heavy (non-hydrogen) atoms. The van der Waals surface area contributed by atoms with Crippen LogP contribution in [0, 0.1) is 13.8 Å². The smallest absolute Gasteiger partial charge is 0.326 e. The van der Waals surface area contributed by atoms with Gasteiger partial charge in [0.2, 0.25) is 0 Å². The second kappa shape index (κ2) is 5.02. The highest BCUT2D eigenvalue weighted by atomic mass is 32.2. The van der Waals surface area contributed by atoms with Crippen LogP contribution < -0.4 is 13.9 Å². The molecule has 122 valence electrons. The van der Waals surface area contributed by atoms with Crippen LogP contribution in [0.5, 0.6) is 0 Å². The molecule has 0 unspecified atom stereocenters. The molecule has 0 radical (unpaired) electrons. The van der Waals surface area contributed by atoms with Crippen molar-refractivity contribution < 1.29 is 17.6 Å². The number of hydrogen-bond acceptors (Lipinski definition) is 4. The van der Waals surface area contributed by atoms with Gasteiger partial charge in [-0.3, -0.25) is 13.4 Å². The van der Waals surface area contributed by atoms with Crippen molar-refractivity contribution >= 4 is 33.2 Å². The molecule has 0 atom stereocenters. The van der Waals surface area contributed by atoms with Crippen molar-refractivity contribution in [3.8, 4) is 0 Å². The molecular weight excluding hydrogens is 318 g/mol. The normalized spacial score (nSPS) is 15.7. The van der Waals surface area contributed by atoms with Crippen molar-refractivity contribution in [2.24, 2.45) is 0 Å². The third-order valence-corrected chi connectivity index (χ3v) is 5.67. The lowest BCUT2D eigenvalue weighted by molar-refractivity contribution is 0.102. The molecule has 0 saturated carbocycles. The quantitative estimate of drug-likeness (QED) is 0.913. The van der Waals surface area contributed by atoms with Gasteiger partial charge in [0.25, 0.3) is 5.91 Å². The lowest BCUT2D eigenvalue weighted by atomic mass is 10.2. The Morgan fingerprint density at radius 3 is 2.35 bits per heavy atom. The van der Waals surface area contributed by atoms with E-state index in [9.17, 15) is 13.2 Å². The number of furan rings is 1. The second-order valence-corrected chi connectivity index (χ2v) is 7.42. The standard InChI is InChI=1S/C15H17N3O4S/c1-9-7-12(10(2)22-9)15(19)16-11-5-6-13-14(8-11)18(4)23(20,21)17(13)3/h5-8H,1-4H3,(H,16,19). The van der Waals surface area contributed by atoms with Crippen LogP contribution in [0.3, 0.4) is 0 Å². The molecule has 0 fully saturated rings. The maximum atomic E-state index is 12.3. The first-order chi connectivity index (χ1) is 10.7. The summed E-state index contributed by atoms with van der Waals surface area (Å²) < 4.78 is 32.0. The summed E-state index contributed by atoms with van der Waals surface area (Å²) in [6.45, 7) is 3.49. The number of fused-ring (bicyclic) bond motifs is 1. The summed E-state index contributed by atoms with van der Waals surface area (Å²) >= 11 is 0. The first-order valence-corrected chi connectivity index (χ1v) is 8.36. The van der Waals surface area contributed by atoms with Crippen LogP contribution in [0.4, 0.5) is 17.1 Å². The Bertz CT molecular complexity index is 901. The summed E-state index contributed by atoms with van der Waals surface area (Å²) in [4.78, 5) is 12.3. The number of anilines is 3. The molecule has 2 aromatic rings. The zero-order chi connectivity index (χ0) is 16.9. The van der Waals surface area contributed by atoms with E-state index in [1.54, 1.807) is 38.1 Å². The molecule has 3 rings (SSSR count). The number of carbonyl (C=O) groups excluding carboxylic acids is 1. The molecule has 0 saturated heterocycles. The fourth-order valence-corrected chi connectivity index (χ4v) is 3.77. The maximum absolute atomic E-state index is 12.3. The van der Waals surface area contributed by atoms with Crippen LogP contribution in [0.1, 0.15) is 21.9 Å². The topological polar surface area (TPSA) is 82.9 Å². The lowest BCUT2D eigenvalue weighted by Gasteiger charge is -2.13. The average Bonchev–Trinajstić information content (AvgIpc) is 2.91. The highest BCUT2D eigenvalue weighted by molar-refractivity contribution is 7.94. The van der Waals surface area contributed by atoms with Crippen molar-refractivity contribution in [3.63, 3.8) is 0 Å². The summed E-state index contributed by atoms with van der Waals surface area (Å²) in [6.07, 6.45) is 0. The predicted molar refractivity (Wildman–Crippen MR) is 88.3 cm³/mol. The summed E-state index contributed by atoms with van der Waals surface area (Å²) in [5.41, 5.74) is 2.07. The summed E-state index contributed by atoms with van der Waals surface area (Å²) in [5, 5.41) is 2.77. The Hall–Kier alpha value is -2.48. The third kappa shape index (κ3) is 2.35. The van der Waals surface area contributed by atoms with Crippen molar-refractivity contribution in [1.82, 2.24) is 0 Å². The van der Waals surface area contributed by atoms with Crippen molar-refractivity contribution in [2.75, 3.05) is 28.0 Å². The van der Waals surface area contributed by atoms with E-state index in [1.165, 1.54) is 22.7 Å². The number of amides is 1. The lowest BCUT2D eigenvalue weighted by Crippen LogP contribution is -2.32. The largest absolute Gasteiger partial charge is 0.466 e. The van der Waals surface area contributed by atoms with Gasteiger partial charge in [-0.25, -0.2) is 0 Å². The van der Waals surface area contributed by atoms with E-state index in [0.29, 0.717) is 34.1 Å². The second-order valence-electron chi connectivity index (χ2n) is 5.43. The zero-order valence-electron chi connectivity index (χ0n) is 13.2. The fourth-order valence-electron chi connectivity index (χ4n) is 2.61. The number of carbonyl (C=O) groups is 1. The molecule has 1 aromatic carbocycles. The minimum atomic E-state index is -3.52. The zero-order valence-corrected chi connectivity index (χ0v) is 14.1. The van der Waals surface area contributed by atoms with E-state index in [4.69, 9.17) is 4.42 Å². The van der Waals surface area contributed by atoms with Crippen LogP contribution in [0.2, 0.25) is 0 Å². The van der Waals surface area contributed by atoms with Crippen LogP contribution in [0.25, 0.3) is 0 Å². The number of benzene rings is 1. The van der Waals surface area contributed by atoms with Gasteiger partial charge in [0, 0.05) is 19.8 Å². The molecule has 2 heterocycles. The Kier molecular flexibility index (Phi) is 3.36. The van der Waals surface area contributed by atoms with E-state index in [-0.39, 0.29) is 5.91 Å². The van der Waals surface area contributed by atoms with E-state index in [1.807, 2.05) is 0 Å². The predicted octanol–water partition coefficient (Wildman–Crippen LogP) is 2.28. The van der Waals surface area contributed by atoms with Crippen molar-refractivity contribution in [2.45, 2.75) is 13.8 Å². The molecule has 1 N–H and O–H groups in total. The van der Waals surface area contributed by atoms with Gasteiger partial charge in [0.1, 0.15) is 11.5 Å². The number of nitrogens with one attached hydrogen (secondary N) is 1. The molecule has 1 aromatic heterocycles. The fraction of sp³-hybridized carbons (Fsp3) is 0.267. The maximum Gasteiger partial charge on any atom is 0.326 e. The summed E-state index contributed by atoms with van der Waals surface area (Å²) in [6, 6.07) is 6.64. The number of aryl methyl sites for hydroxylation is 2. The van der Waals surface area contributed by atoms with E-state index in [2.05, 4.69) is 5.32 Å². The summed E-state index contributed by atoms with van der Waals surface area (Å²) in [7, 11) is -0.552. The Labute approximate surface area is 134 Å². The van der Waals surface area contributed by atoms with Gasteiger partial charge in [-0.1, -0.05) is 0 Å². The third-order valence-electron chi connectivity index (χ3n) is 3.89. The van der Waals surface area contributed by atoms with Crippen LogP contribution in [0.15, 0.2) is 28.7 Å². The van der Waals surface area contributed by atoms with E-state index in [0.717, 1.165) is 0 Å². The van der Waals surface area contributed by atoms with Crippen LogP contribution in [-0.4, -0.2) is 28.4 Å². The van der Waals surface area contributed by atoms with Gasteiger partial charge in [-0.2, -0.15) is 8.42 Å². The molecule has 1 amide bonds. The molecule has 0 aliphatic carbocycles. The molecule has 1 aliphatic rings. The SMILES string of the molecule is Cc1cc(C(=O)Nc2ccc3c(c2)N(C)S(=O)(=O)N3C)c(C)o1. The van der Waals surface area contributed by atoms with Crippen molar-refractivity contribution in [1.29, 1.82) is 0 Å². The Morgan fingerprint density at radius 2 is 1.74 bits per heavy atom. The van der Waals surface area contributed by atoms with E-state index < -0.39 is 10.2 Å². The molecule has 0 spiro atoms. The molecule has 1 aliphatic heterocycles.